The number of hydrogen-bond donors (Lipinski definition) is 1. The fourth-order valence-electron chi connectivity index (χ4n) is 1.75. The van der Waals surface area contributed by atoms with Gasteiger partial charge in [-0.3, -0.25) is 14.9 Å². The quantitative estimate of drug-likeness (QED) is 0.525. The van der Waals surface area contributed by atoms with Crippen LogP contribution in [0.3, 0.4) is 0 Å². The van der Waals surface area contributed by atoms with Crippen LogP contribution in [0.25, 0.3) is 12.2 Å². The molecular formula is C15H12N2O3. The molecule has 20 heavy (non-hydrogen) atoms. The smallest absolute Gasteiger partial charge is 0.277 e. The zero-order valence-corrected chi connectivity index (χ0v) is 10.5. The first-order chi connectivity index (χ1) is 9.58. The molecule has 0 atom stereocenters. The molecule has 2 rings (SSSR count). The third-order valence-electron chi connectivity index (χ3n) is 2.77. The SMILES string of the molecule is NC(=O)c1ccc(C=Cc2ccccc2)c([N+](=O)[O-])c1. The van der Waals surface area contributed by atoms with E-state index in [1.807, 2.05) is 30.3 Å². The Morgan fingerprint density at radius 3 is 2.40 bits per heavy atom. The Hall–Kier alpha value is -2.95. The molecule has 2 aromatic carbocycles. The van der Waals surface area contributed by atoms with Crippen molar-refractivity contribution in [1.82, 2.24) is 0 Å². The van der Waals surface area contributed by atoms with Gasteiger partial charge >= 0.3 is 0 Å². The van der Waals surface area contributed by atoms with E-state index in [1.165, 1.54) is 18.2 Å². The summed E-state index contributed by atoms with van der Waals surface area (Å²) in [5.41, 5.74) is 6.44. The van der Waals surface area contributed by atoms with Crippen molar-refractivity contribution in [3.63, 3.8) is 0 Å². The van der Waals surface area contributed by atoms with Gasteiger partial charge in [0.25, 0.3) is 5.69 Å². The summed E-state index contributed by atoms with van der Waals surface area (Å²) in [6, 6.07) is 13.6. The minimum absolute atomic E-state index is 0.119. The Kier molecular flexibility index (Phi) is 3.91. The molecule has 0 aliphatic carbocycles. The first kappa shape index (κ1) is 13.5. The van der Waals surface area contributed by atoms with Crippen LogP contribution in [0.1, 0.15) is 21.5 Å². The van der Waals surface area contributed by atoms with E-state index in [0.29, 0.717) is 5.56 Å². The van der Waals surface area contributed by atoms with Crippen LogP contribution >= 0.6 is 0 Å². The molecule has 5 nitrogen and oxygen atoms in total. The van der Waals surface area contributed by atoms with Gasteiger partial charge in [-0.15, -0.1) is 0 Å². The molecule has 0 unspecified atom stereocenters. The van der Waals surface area contributed by atoms with Crippen molar-refractivity contribution in [2.24, 2.45) is 5.73 Å². The molecule has 0 radical (unpaired) electrons. The van der Waals surface area contributed by atoms with Crippen molar-refractivity contribution >= 4 is 23.7 Å². The Bertz CT molecular complexity index is 679. The molecule has 100 valence electrons. The van der Waals surface area contributed by atoms with Crippen LogP contribution < -0.4 is 5.73 Å². The Morgan fingerprint density at radius 1 is 1.10 bits per heavy atom. The minimum Gasteiger partial charge on any atom is -0.366 e. The van der Waals surface area contributed by atoms with Crippen molar-refractivity contribution in [3.05, 3.63) is 75.3 Å². The van der Waals surface area contributed by atoms with Gasteiger partial charge in [0.15, 0.2) is 0 Å². The van der Waals surface area contributed by atoms with Crippen molar-refractivity contribution in [3.8, 4) is 0 Å². The lowest BCUT2D eigenvalue weighted by Gasteiger charge is -2.00. The maximum Gasteiger partial charge on any atom is 0.277 e. The molecule has 0 aliphatic rings. The van der Waals surface area contributed by atoms with Crippen molar-refractivity contribution < 1.29 is 9.72 Å². The summed E-state index contributed by atoms with van der Waals surface area (Å²) in [7, 11) is 0. The third-order valence-corrected chi connectivity index (χ3v) is 2.77. The average Bonchev–Trinajstić information content (AvgIpc) is 2.45. The molecule has 2 N–H and O–H groups in total. The molecule has 5 heteroatoms. The summed E-state index contributed by atoms with van der Waals surface area (Å²) in [6.45, 7) is 0. The molecule has 0 saturated heterocycles. The van der Waals surface area contributed by atoms with Crippen LogP contribution in [0.2, 0.25) is 0 Å². The second-order valence-electron chi connectivity index (χ2n) is 4.14. The number of rotatable bonds is 4. The topological polar surface area (TPSA) is 86.2 Å². The van der Waals surface area contributed by atoms with E-state index in [9.17, 15) is 14.9 Å². The normalized spacial score (nSPS) is 10.6. The number of nitrogens with two attached hydrogens (primary N) is 1. The number of nitro benzene ring substituents is 1. The van der Waals surface area contributed by atoms with E-state index in [0.717, 1.165) is 5.56 Å². The van der Waals surface area contributed by atoms with E-state index in [4.69, 9.17) is 5.73 Å². The molecule has 0 bridgehead atoms. The number of benzene rings is 2. The molecule has 0 heterocycles. The molecule has 2 aromatic rings. The van der Waals surface area contributed by atoms with Gasteiger partial charge in [-0.2, -0.15) is 0 Å². The zero-order valence-electron chi connectivity index (χ0n) is 10.5. The van der Waals surface area contributed by atoms with Crippen molar-refractivity contribution in [1.29, 1.82) is 0 Å². The molecule has 1 amide bonds. The fourth-order valence-corrected chi connectivity index (χ4v) is 1.75. The summed E-state index contributed by atoms with van der Waals surface area (Å²) in [5.74, 6) is -0.688. The summed E-state index contributed by atoms with van der Waals surface area (Å²) in [5, 5.41) is 11.0. The number of primary amides is 1. The first-order valence-corrected chi connectivity index (χ1v) is 5.89. The van der Waals surface area contributed by atoms with Gasteiger partial charge in [-0.1, -0.05) is 36.4 Å². The molecule has 0 spiro atoms. The lowest BCUT2D eigenvalue weighted by atomic mass is 10.1. The summed E-state index contributed by atoms with van der Waals surface area (Å²) in [4.78, 5) is 21.5. The molecular weight excluding hydrogens is 256 g/mol. The Morgan fingerprint density at radius 2 is 1.80 bits per heavy atom. The standard InChI is InChI=1S/C15H12N2O3/c16-15(18)13-9-8-12(14(10-13)17(19)20)7-6-11-4-2-1-3-5-11/h1-10H,(H2,16,18). The van der Waals surface area contributed by atoms with E-state index >= 15 is 0 Å². The summed E-state index contributed by atoms with van der Waals surface area (Å²) >= 11 is 0. The highest BCUT2D eigenvalue weighted by Gasteiger charge is 2.14. The minimum atomic E-state index is -0.688. The monoisotopic (exact) mass is 268 g/mol. The number of carbonyl (C=O) groups is 1. The summed E-state index contributed by atoms with van der Waals surface area (Å²) < 4.78 is 0. The highest BCUT2D eigenvalue weighted by atomic mass is 16.6. The van der Waals surface area contributed by atoms with E-state index in [1.54, 1.807) is 12.2 Å². The van der Waals surface area contributed by atoms with Crippen molar-refractivity contribution in [2.45, 2.75) is 0 Å². The van der Waals surface area contributed by atoms with Gasteiger partial charge < -0.3 is 5.73 Å². The third kappa shape index (κ3) is 3.08. The van der Waals surface area contributed by atoms with Crippen LogP contribution in [0, 0.1) is 10.1 Å². The van der Waals surface area contributed by atoms with Gasteiger partial charge in [-0.05, 0) is 23.8 Å². The predicted molar refractivity (Wildman–Crippen MR) is 77.0 cm³/mol. The second kappa shape index (κ2) is 5.79. The van der Waals surface area contributed by atoms with E-state index in [2.05, 4.69) is 0 Å². The number of hydrogen-bond acceptors (Lipinski definition) is 3. The number of nitro groups is 1. The first-order valence-electron chi connectivity index (χ1n) is 5.89. The van der Waals surface area contributed by atoms with E-state index < -0.39 is 10.8 Å². The molecule has 0 saturated carbocycles. The molecule has 0 fully saturated rings. The van der Waals surface area contributed by atoms with Crippen molar-refractivity contribution in [2.75, 3.05) is 0 Å². The van der Waals surface area contributed by atoms with Crippen LogP contribution in [0.5, 0.6) is 0 Å². The van der Waals surface area contributed by atoms with Gasteiger partial charge in [0.05, 0.1) is 10.5 Å². The highest BCUT2D eigenvalue weighted by Crippen LogP contribution is 2.22. The number of amides is 1. The summed E-state index contributed by atoms with van der Waals surface area (Å²) in [6.07, 6.45) is 3.41. The van der Waals surface area contributed by atoms with Crippen LogP contribution in [0.4, 0.5) is 5.69 Å². The zero-order chi connectivity index (χ0) is 14.5. The maximum atomic E-state index is 11.0. The largest absolute Gasteiger partial charge is 0.366 e. The van der Waals surface area contributed by atoms with Gasteiger partial charge in [0.1, 0.15) is 0 Å². The van der Waals surface area contributed by atoms with Gasteiger partial charge in [0.2, 0.25) is 5.91 Å². The lowest BCUT2D eigenvalue weighted by molar-refractivity contribution is -0.385. The Balaban J connectivity index is 2.39. The molecule has 0 aromatic heterocycles. The highest BCUT2D eigenvalue weighted by molar-refractivity contribution is 5.94. The van der Waals surface area contributed by atoms with E-state index in [-0.39, 0.29) is 11.3 Å². The second-order valence-corrected chi connectivity index (χ2v) is 4.14. The van der Waals surface area contributed by atoms with Crippen LogP contribution in [-0.4, -0.2) is 10.8 Å². The van der Waals surface area contributed by atoms with Crippen LogP contribution in [0.15, 0.2) is 48.5 Å². The average molecular weight is 268 g/mol. The van der Waals surface area contributed by atoms with Crippen LogP contribution in [-0.2, 0) is 0 Å². The maximum absolute atomic E-state index is 11.0. The Labute approximate surface area is 115 Å². The molecule has 0 aliphatic heterocycles. The van der Waals surface area contributed by atoms with Gasteiger partial charge in [0, 0.05) is 11.6 Å². The van der Waals surface area contributed by atoms with Gasteiger partial charge in [-0.25, -0.2) is 0 Å². The fraction of sp³-hybridized carbons (Fsp3) is 0. The number of carbonyl (C=O) groups excluding carboxylic acids is 1. The number of nitrogens with zero attached hydrogens (tertiary/aromatic N) is 1. The lowest BCUT2D eigenvalue weighted by Crippen LogP contribution is -2.11. The predicted octanol–water partition coefficient (Wildman–Crippen LogP) is 2.86.